The summed E-state index contributed by atoms with van der Waals surface area (Å²) in [5.41, 5.74) is 0.804. The number of carbonyl (C=O) groups is 2. The number of rotatable bonds is 0. The molecule has 1 aromatic rings. The predicted molar refractivity (Wildman–Crippen MR) is 54.4 cm³/mol. The largest absolute Gasteiger partial charge is 0.337 e. The molecule has 0 spiro atoms. The molecule has 1 aliphatic heterocycles. The molecule has 0 N–H and O–H groups in total. The molecule has 0 fully saturated rings. The van der Waals surface area contributed by atoms with Gasteiger partial charge in [-0.1, -0.05) is 0 Å². The highest BCUT2D eigenvalue weighted by molar-refractivity contribution is 7.10. The van der Waals surface area contributed by atoms with Crippen molar-refractivity contribution in [2.75, 3.05) is 6.54 Å². The normalized spacial score (nSPS) is 16.4. The molecule has 0 aromatic carbocycles. The van der Waals surface area contributed by atoms with Crippen molar-refractivity contribution in [3.05, 3.63) is 21.9 Å². The van der Waals surface area contributed by atoms with Gasteiger partial charge in [0.15, 0.2) is 5.78 Å². The maximum atomic E-state index is 11.6. The Bertz CT molecular complexity index is 383. The summed E-state index contributed by atoms with van der Waals surface area (Å²) in [4.78, 5) is 25.6. The van der Waals surface area contributed by atoms with Crippen LogP contribution in [0.3, 0.4) is 0 Å². The third-order valence-electron chi connectivity index (χ3n) is 2.43. The molecule has 0 unspecified atom stereocenters. The van der Waals surface area contributed by atoms with Crippen LogP contribution in [0.4, 0.5) is 0 Å². The molecule has 0 aliphatic carbocycles. The summed E-state index contributed by atoms with van der Waals surface area (Å²) >= 11 is 1.55. The van der Waals surface area contributed by atoms with E-state index in [1.807, 2.05) is 11.4 Å². The number of hydrogen-bond acceptors (Lipinski definition) is 3. The van der Waals surface area contributed by atoms with E-state index in [-0.39, 0.29) is 11.7 Å². The zero-order chi connectivity index (χ0) is 10.1. The Kier molecular flexibility index (Phi) is 2.37. The number of fused-ring (bicyclic) bond motifs is 1. The van der Waals surface area contributed by atoms with E-state index < -0.39 is 0 Å². The van der Waals surface area contributed by atoms with Crippen molar-refractivity contribution >= 4 is 23.0 Å². The first-order chi connectivity index (χ1) is 6.68. The van der Waals surface area contributed by atoms with Crippen molar-refractivity contribution < 1.29 is 9.59 Å². The maximum Gasteiger partial charge on any atom is 0.219 e. The molecule has 4 heteroatoms. The Labute approximate surface area is 86.3 Å². The average Bonchev–Trinajstić information content (AvgIpc) is 2.53. The van der Waals surface area contributed by atoms with Gasteiger partial charge in [0.1, 0.15) is 0 Å². The van der Waals surface area contributed by atoms with Gasteiger partial charge in [-0.25, -0.2) is 0 Å². The van der Waals surface area contributed by atoms with Gasteiger partial charge in [-0.2, -0.15) is 0 Å². The molecule has 2 rings (SSSR count). The van der Waals surface area contributed by atoms with E-state index in [0.29, 0.717) is 19.5 Å². The van der Waals surface area contributed by atoms with Crippen LogP contribution in [0, 0.1) is 0 Å². The third kappa shape index (κ3) is 1.57. The fraction of sp³-hybridized carbons (Fsp3) is 0.400. The Balaban J connectivity index is 2.32. The van der Waals surface area contributed by atoms with Crippen LogP contribution in [0.5, 0.6) is 0 Å². The number of ketones is 1. The number of thiophene rings is 1. The Hall–Kier alpha value is -1.16. The molecular formula is C10H11NO2S. The third-order valence-corrected chi connectivity index (χ3v) is 3.34. The first-order valence-corrected chi connectivity index (χ1v) is 5.41. The van der Waals surface area contributed by atoms with Crippen LogP contribution < -0.4 is 0 Å². The van der Waals surface area contributed by atoms with Gasteiger partial charge in [0, 0.05) is 30.3 Å². The molecule has 1 aromatic heterocycles. The smallest absolute Gasteiger partial charge is 0.219 e. The first kappa shape index (κ1) is 9.40. The minimum Gasteiger partial charge on any atom is -0.337 e. The minimum absolute atomic E-state index is 0.0408. The van der Waals surface area contributed by atoms with Gasteiger partial charge in [-0.05, 0) is 11.4 Å². The fourth-order valence-corrected chi connectivity index (χ4v) is 2.51. The lowest BCUT2D eigenvalue weighted by atomic mass is 10.1. The molecule has 1 amide bonds. The van der Waals surface area contributed by atoms with Crippen LogP contribution in [0.1, 0.15) is 28.6 Å². The minimum atomic E-state index is 0.0408. The topological polar surface area (TPSA) is 37.4 Å². The highest BCUT2D eigenvalue weighted by Crippen LogP contribution is 2.23. The second kappa shape index (κ2) is 3.53. The first-order valence-electron chi connectivity index (χ1n) is 4.53. The molecular weight excluding hydrogens is 198 g/mol. The highest BCUT2D eigenvalue weighted by atomic mass is 32.1. The molecule has 2 heterocycles. The summed E-state index contributed by atoms with van der Waals surface area (Å²) in [6, 6.07) is 1.85. The van der Waals surface area contributed by atoms with Gasteiger partial charge < -0.3 is 4.90 Å². The Morgan fingerprint density at radius 1 is 1.57 bits per heavy atom. The summed E-state index contributed by atoms with van der Waals surface area (Å²) in [6.45, 7) is 2.69. The van der Waals surface area contributed by atoms with Gasteiger partial charge in [-0.15, -0.1) is 11.3 Å². The number of Topliss-reactive ketones (excluding diaryl/α,β-unsaturated/α-hetero) is 1. The number of carbonyl (C=O) groups excluding carboxylic acids is 2. The monoisotopic (exact) mass is 209 g/mol. The van der Waals surface area contributed by atoms with Gasteiger partial charge in [0.2, 0.25) is 5.91 Å². The van der Waals surface area contributed by atoms with Crippen molar-refractivity contribution in [3.63, 3.8) is 0 Å². The second-order valence-corrected chi connectivity index (χ2v) is 4.37. The fourth-order valence-electron chi connectivity index (χ4n) is 1.60. The lowest BCUT2D eigenvalue weighted by Crippen LogP contribution is -2.28. The van der Waals surface area contributed by atoms with E-state index in [1.165, 1.54) is 0 Å². The van der Waals surface area contributed by atoms with Gasteiger partial charge >= 0.3 is 0 Å². The highest BCUT2D eigenvalue weighted by Gasteiger charge is 2.22. The molecule has 0 saturated heterocycles. The van der Waals surface area contributed by atoms with E-state index in [4.69, 9.17) is 0 Å². The van der Waals surface area contributed by atoms with Crippen LogP contribution in [0.15, 0.2) is 11.4 Å². The molecule has 0 saturated carbocycles. The van der Waals surface area contributed by atoms with Crippen LogP contribution in [-0.4, -0.2) is 23.1 Å². The summed E-state index contributed by atoms with van der Waals surface area (Å²) in [5, 5.41) is 1.91. The standard InChI is InChI=1S/C10H11NO2S/c1-7(12)11-4-2-9(13)8-3-5-14-10(8)6-11/h3,5H,2,4,6H2,1H3. The number of nitrogens with zero attached hydrogens (tertiary/aromatic N) is 1. The maximum absolute atomic E-state index is 11.6. The van der Waals surface area contributed by atoms with Gasteiger partial charge in [0.05, 0.1) is 6.54 Å². The van der Waals surface area contributed by atoms with Crippen LogP contribution >= 0.6 is 11.3 Å². The SMILES string of the molecule is CC(=O)N1CCC(=O)c2ccsc2C1. The summed E-state index contributed by atoms with van der Waals surface area (Å²) in [5.74, 6) is 0.198. The Morgan fingerprint density at radius 2 is 2.36 bits per heavy atom. The molecule has 0 radical (unpaired) electrons. The molecule has 3 nitrogen and oxygen atoms in total. The quantitative estimate of drug-likeness (QED) is 0.652. The van der Waals surface area contributed by atoms with E-state index >= 15 is 0 Å². The van der Waals surface area contributed by atoms with Gasteiger partial charge in [-0.3, -0.25) is 9.59 Å². The average molecular weight is 209 g/mol. The lowest BCUT2D eigenvalue weighted by Gasteiger charge is -2.17. The van der Waals surface area contributed by atoms with Gasteiger partial charge in [0.25, 0.3) is 0 Å². The van der Waals surface area contributed by atoms with Crippen LogP contribution in [0.2, 0.25) is 0 Å². The van der Waals surface area contributed by atoms with E-state index in [9.17, 15) is 9.59 Å². The van der Waals surface area contributed by atoms with E-state index in [1.54, 1.807) is 23.2 Å². The predicted octanol–water partition coefficient (Wildman–Crippen LogP) is 1.68. The van der Waals surface area contributed by atoms with Crippen molar-refractivity contribution in [2.24, 2.45) is 0 Å². The number of hydrogen-bond donors (Lipinski definition) is 0. The van der Waals surface area contributed by atoms with E-state index in [2.05, 4.69) is 0 Å². The zero-order valence-corrected chi connectivity index (χ0v) is 8.76. The van der Waals surface area contributed by atoms with E-state index in [0.717, 1.165) is 10.4 Å². The van der Waals surface area contributed by atoms with Crippen LogP contribution in [0.25, 0.3) is 0 Å². The molecule has 0 bridgehead atoms. The second-order valence-electron chi connectivity index (χ2n) is 3.37. The Morgan fingerprint density at radius 3 is 3.07 bits per heavy atom. The zero-order valence-electron chi connectivity index (χ0n) is 7.95. The van der Waals surface area contributed by atoms with Crippen molar-refractivity contribution in [1.29, 1.82) is 0 Å². The van der Waals surface area contributed by atoms with Crippen LogP contribution in [-0.2, 0) is 11.3 Å². The number of amides is 1. The molecule has 0 atom stereocenters. The van der Waals surface area contributed by atoms with Crippen molar-refractivity contribution in [2.45, 2.75) is 19.9 Å². The molecule has 14 heavy (non-hydrogen) atoms. The lowest BCUT2D eigenvalue weighted by molar-refractivity contribution is -0.129. The summed E-state index contributed by atoms with van der Waals surface area (Å²) < 4.78 is 0. The van der Waals surface area contributed by atoms with Crippen molar-refractivity contribution in [3.8, 4) is 0 Å². The van der Waals surface area contributed by atoms with Crippen molar-refractivity contribution in [1.82, 2.24) is 4.90 Å². The summed E-state index contributed by atoms with van der Waals surface area (Å²) in [6.07, 6.45) is 0.448. The summed E-state index contributed by atoms with van der Waals surface area (Å²) in [7, 11) is 0. The molecule has 1 aliphatic rings. The molecule has 74 valence electrons.